The van der Waals surface area contributed by atoms with Crippen LogP contribution in [0.5, 0.6) is 0 Å². The van der Waals surface area contributed by atoms with E-state index in [-0.39, 0.29) is 23.6 Å². The predicted octanol–water partition coefficient (Wildman–Crippen LogP) is 3.43. The van der Waals surface area contributed by atoms with Crippen LogP contribution in [0, 0.1) is 17.7 Å². The van der Waals surface area contributed by atoms with Crippen molar-refractivity contribution in [3.63, 3.8) is 0 Å². The van der Waals surface area contributed by atoms with E-state index in [2.05, 4.69) is 32.4 Å². The Labute approximate surface area is 191 Å². The van der Waals surface area contributed by atoms with Crippen LogP contribution in [0.3, 0.4) is 0 Å². The molecule has 1 N–H and O–H groups in total. The zero-order valence-corrected chi connectivity index (χ0v) is 18.4. The normalized spacial score (nSPS) is 26.1. The van der Waals surface area contributed by atoms with Crippen molar-refractivity contribution < 1.29 is 9.18 Å². The summed E-state index contributed by atoms with van der Waals surface area (Å²) in [6.45, 7) is 2.76. The van der Waals surface area contributed by atoms with Gasteiger partial charge in [-0.2, -0.15) is 15.0 Å². The highest BCUT2D eigenvalue weighted by Gasteiger charge is 2.50. The molecule has 7 rings (SSSR count). The molecule has 2 saturated carbocycles. The van der Waals surface area contributed by atoms with Crippen LogP contribution in [0.15, 0.2) is 42.9 Å². The number of aromatic nitrogens is 5. The highest BCUT2D eigenvalue weighted by atomic mass is 19.1. The summed E-state index contributed by atoms with van der Waals surface area (Å²) < 4.78 is 14.2. The second-order valence-electron chi connectivity index (χ2n) is 9.46. The lowest BCUT2D eigenvalue weighted by Gasteiger charge is -2.57. The Balaban J connectivity index is 1.28. The third-order valence-corrected chi connectivity index (χ3v) is 7.45. The van der Waals surface area contributed by atoms with E-state index in [4.69, 9.17) is 0 Å². The first-order valence-corrected chi connectivity index (χ1v) is 11.6. The molecule has 2 saturated heterocycles. The molecule has 170 valence electrons. The van der Waals surface area contributed by atoms with Gasteiger partial charge < -0.3 is 10.2 Å². The van der Waals surface area contributed by atoms with E-state index in [1.807, 2.05) is 11.0 Å². The molecule has 2 aliphatic carbocycles. The monoisotopic (exact) mass is 447 g/mol. The van der Waals surface area contributed by atoms with Gasteiger partial charge in [0, 0.05) is 30.4 Å². The molecule has 2 unspecified atom stereocenters. The molecular formula is C24H26FN7O. The topological polar surface area (TPSA) is 88.8 Å². The van der Waals surface area contributed by atoms with Gasteiger partial charge in [0.15, 0.2) is 0 Å². The van der Waals surface area contributed by atoms with Crippen LogP contribution >= 0.6 is 0 Å². The molecule has 3 aromatic rings. The van der Waals surface area contributed by atoms with Crippen molar-refractivity contribution in [1.29, 1.82) is 0 Å². The number of piperidine rings is 2. The number of carbonyl (C=O) groups excluding carboxylic acids is 1. The first-order chi connectivity index (χ1) is 16.1. The van der Waals surface area contributed by atoms with Gasteiger partial charge in [-0.3, -0.25) is 4.79 Å². The maximum Gasteiger partial charge on any atom is 0.256 e. The van der Waals surface area contributed by atoms with Crippen LogP contribution in [-0.4, -0.2) is 54.4 Å². The fourth-order valence-electron chi connectivity index (χ4n) is 5.32. The van der Waals surface area contributed by atoms with Crippen LogP contribution in [-0.2, 0) is 0 Å². The number of hydrogen-bond acceptors (Lipinski definition) is 6. The van der Waals surface area contributed by atoms with Crippen molar-refractivity contribution in [2.24, 2.45) is 11.8 Å². The second-order valence-corrected chi connectivity index (χ2v) is 9.46. The molecule has 2 aliphatic heterocycles. The van der Waals surface area contributed by atoms with E-state index < -0.39 is 5.82 Å². The summed E-state index contributed by atoms with van der Waals surface area (Å²) in [6, 6.07) is 6.28. The number of benzene rings is 1. The molecule has 1 amide bonds. The fourth-order valence-corrected chi connectivity index (χ4v) is 5.32. The van der Waals surface area contributed by atoms with Gasteiger partial charge in [-0.15, -0.1) is 0 Å². The molecular weight excluding hydrogens is 421 g/mol. The minimum absolute atomic E-state index is 0.0371. The SMILES string of the molecule is CC1C2CC(C2)N(C(=O)c2cc(F)ccc2-n2nccn2)C1CNc1nccc(C2CC2)n1. The van der Waals surface area contributed by atoms with Gasteiger partial charge in [-0.1, -0.05) is 6.92 Å². The summed E-state index contributed by atoms with van der Waals surface area (Å²) in [6.07, 6.45) is 9.22. The van der Waals surface area contributed by atoms with Crippen molar-refractivity contribution in [3.8, 4) is 5.69 Å². The van der Waals surface area contributed by atoms with Gasteiger partial charge >= 0.3 is 0 Å². The van der Waals surface area contributed by atoms with Crippen molar-refractivity contribution in [2.75, 3.05) is 11.9 Å². The quantitative estimate of drug-likeness (QED) is 0.623. The lowest BCUT2D eigenvalue weighted by Crippen LogP contribution is -2.64. The van der Waals surface area contributed by atoms with Gasteiger partial charge in [0.2, 0.25) is 5.95 Å². The summed E-state index contributed by atoms with van der Waals surface area (Å²) in [7, 11) is 0. The van der Waals surface area contributed by atoms with Gasteiger partial charge in [-0.05, 0) is 61.8 Å². The zero-order valence-electron chi connectivity index (χ0n) is 18.4. The highest BCUT2D eigenvalue weighted by molar-refractivity contribution is 5.98. The first kappa shape index (κ1) is 20.3. The number of halogens is 1. The number of nitrogens with one attached hydrogen (secondary N) is 1. The van der Waals surface area contributed by atoms with Crippen LogP contribution in [0.25, 0.3) is 5.69 Å². The minimum atomic E-state index is -0.453. The molecule has 4 heterocycles. The second kappa shape index (κ2) is 7.90. The van der Waals surface area contributed by atoms with E-state index in [0.29, 0.717) is 35.9 Å². The molecule has 0 spiro atoms. The number of nitrogens with zero attached hydrogens (tertiary/aromatic N) is 6. The van der Waals surface area contributed by atoms with Crippen molar-refractivity contribution in [3.05, 3.63) is 59.9 Å². The first-order valence-electron chi connectivity index (χ1n) is 11.6. The Hall–Kier alpha value is -3.36. The molecule has 2 bridgehead atoms. The average Bonchev–Trinajstić information content (AvgIpc) is 3.51. The average molecular weight is 448 g/mol. The van der Waals surface area contributed by atoms with Gasteiger partial charge in [0.25, 0.3) is 5.91 Å². The number of rotatable bonds is 6. The van der Waals surface area contributed by atoms with E-state index >= 15 is 0 Å². The number of hydrogen-bond donors (Lipinski definition) is 1. The maximum absolute atomic E-state index is 14.2. The Morgan fingerprint density at radius 1 is 1.15 bits per heavy atom. The maximum atomic E-state index is 14.2. The van der Waals surface area contributed by atoms with Crippen LogP contribution in [0.1, 0.15) is 54.6 Å². The Kier molecular flexibility index (Phi) is 4.85. The molecule has 1 aromatic carbocycles. The van der Waals surface area contributed by atoms with Gasteiger partial charge in [-0.25, -0.2) is 14.4 Å². The summed E-state index contributed by atoms with van der Waals surface area (Å²) in [5, 5.41) is 11.7. The molecule has 8 nitrogen and oxygen atoms in total. The standard InChI is InChI=1S/C24H26FN7O/c1-14-16-10-18(11-16)31(22(14)13-27-24-26-7-6-20(30-24)15-2-3-15)23(33)19-12-17(25)4-5-21(19)32-28-8-9-29-32/h4-9,12,14-16,18,22H,2-3,10-11,13H2,1H3,(H,26,27,30). The number of amides is 1. The highest BCUT2D eigenvalue weighted by Crippen LogP contribution is 2.47. The summed E-state index contributed by atoms with van der Waals surface area (Å²) in [5.41, 5.74) is 1.84. The number of anilines is 1. The third-order valence-electron chi connectivity index (χ3n) is 7.45. The van der Waals surface area contributed by atoms with E-state index in [1.165, 1.54) is 29.8 Å². The third kappa shape index (κ3) is 3.65. The minimum Gasteiger partial charge on any atom is -0.352 e. The molecule has 2 aromatic heterocycles. The zero-order chi connectivity index (χ0) is 22.5. The number of fused-ring (bicyclic) bond motifs is 2. The lowest BCUT2D eigenvalue weighted by atomic mass is 9.64. The van der Waals surface area contributed by atoms with Crippen LogP contribution in [0.4, 0.5) is 10.3 Å². The summed E-state index contributed by atoms with van der Waals surface area (Å²) in [5.74, 6) is 1.44. The molecule has 9 heteroatoms. The van der Waals surface area contributed by atoms with E-state index in [9.17, 15) is 9.18 Å². The van der Waals surface area contributed by atoms with E-state index in [1.54, 1.807) is 24.7 Å². The molecule has 0 radical (unpaired) electrons. The molecule has 33 heavy (non-hydrogen) atoms. The summed E-state index contributed by atoms with van der Waals surface area (Å²) >= 11 is 0. The Morgan fingerprint density at radius 3 is 2.70 bits per heavy atom. The van der Waals surface area contributed by atoms with Gasteiger partial charge in [0.05, 0.1) is 29.7 Å². The fraction of sp³-hybridized carbons (Fsp3) is 0.458. The smallest absolute Gasteiger partial charge is 0.256 e. The van der Waals surface area contributed by atoms with E-state index in [0.717, 1.165) is 18.5 Å². The molecule has 2 atom stereocenters. The summed E-state index contributed by atoms with van der Waals surface area (Å²) in [4.78, 5) is 26.2. The number of carbonyl (C=O) groups is 1. The largest absolute Gasteiger partial charge is 0.352 e. The molecule has 4 fully saturated rings. The Morgan fingerprint density at radius 2 is 1.94 bits per heavy atom. The van der Waals surface area contributed by atoms with Crippen molar-refractivity contribution in [1.82, 2.24) is 29.9 Å². The molecule has 4 aliphatic rings. The lowest BCUT2D eigenvalue weighted by molar-refractivity contribution is -0.0502. The van der Waals surface area contributed by atoms with Crippen molar-refractivity contribution in [2.45, 2.75) is 50.6 Å². The Bertz CT molecular complexity index is 1170. The van der Waals surface area contributed by atoms with Crippen LogP contribution < -0.4 is 5.32 Å². The van der Waals surface area contributed by atoms with Gasteiger partial charge in [0.1, 0.15) is 5.82 Å². The van der Waals surface area contributed by atoms with Crippen molar-refractivity contribution >= 4 is 11.9 Å². The van der Waals surface area contributed by atoms with Crippen LogP contribution in [0.2, 0.25) is 0 Å². The predicted molar refractivity (Wildman–Crippen MR) is 119 cm³/mol.